The zero-order chi connectivity index (χ0) is 13.8. The first-order valence-electron chi connectivity index (χ1n) is 5.85. The minimum Gasteiger partial charge on any atom is -0.457 e. The van der Waals surface area contributed by atoms with E-state index in [1.807, 2.05) is 19.1 Å². The standard InChI is InChI=1S/C15H12BrFO2/c1-2-10-7-14(8-11(9-18)15(10)17)19-13-5-3-12(16)4-6-13/h3-9H,2H2,1H3. The average molecular weight is 323 g/mol. The lowest BCUT2D eigenvalue weighted by atomic mass is 10.1. The number of benzene rings is 2. The van der Waals surface area contributed by atoms with Crippen molar-refractivity contribution in [3.8, 4) is 11.5 Å². The molecule has 2 aromatic carbocycles. The van der Waals surface area contributed by atoms with E-state index >= 15 is 0 Å². The third kappa shape index (κ3) is 3.20. The molecule has 19 heavy (non-hydrogen) atoms. The maximum absolute atomic E-state index is 13.8. The van der Waals surface area contributed by atoms with Gasteiger partial charge in [-0.25, -0.2) is 4.39 Å². The van der Waals surface area contributed by atoms with E-state index in [0.29, 0.717) is 29.8 Å². The molecule has 0 amide bonds. The number of carbonyl (C=O) groups excluding carboxylic acids is 1. The second kappa shape index (κ2) is 5.97. The van der Waals surface area contributed by atoms with Crippen LogP contribution >= 0.6 is 15.9 Å². The maximum atomic E-state index is 13.8. The van der Waals surface area contributed by atoms with Crippen LogP contribution < -0.4 is 4.74 Å². The van der Waals surface area contributed by atoms with Crippen LogP contribution in [0.2, 0.25) is 0 Å². The fourth-order valence-electron chi connectivity index (χ4n) is 1.72. The number of carbonyl (C=O) groups is 1. The number of hydrogen-bond acceptors (Lipinski definition) is 2. The summed E-state index contributed by atoms with van der Waals surface area (Å²) in [6, 6.07) is 10.3. The third-order valence-electron chi connectivity index (χ3n) is 2.71. The summed E-state index contributed by atoms with van der Waals surface area (Å²) in [5.74, 6) is 0.622. The largest absolute Gasteiger partial charge is 0.457 e. The molecular weight excluding hydrogens is 311 g/mol. The Kier molecular flexibility index (Phi) is 4.32. The number of halogens is 2. The summed E-state index contributed by atoms with van der Waals surface area (Å²) < 4.78 is 20.3. The summed E-state index contributed by atoms with van der Waals surface area (Å²) >= 11 is 3.33. The highest BCUT2D eigenvalue weighted by Gasteiger charge is 2.10. The van der Waals surface area contributed by atoms with Gasteiger partial charge in [0.1, 0.15) is 17.3 Å². The van der Waals surface area contributed by atoms with Gasteiger partial charge >= 0.3 is 0 Å². The summed E-state index contributed by atoms with van der Waals surface area (Å²) in [5, 5.41) is 0. The normalized spacial score (nSPS) is 10.3. The van der Waals surface area contributed by atoms with Crippen LogP contribution in [-0.2, 0) is 6.42 Å². The Hall–Kier alpha value is -1.68. The Balaban J connectivity index is 2.34. The monoisotopic (exact) mass is 322 g/mol. The predicted octanol–water partition coefficient (Wildman–Crippen LogP) is 4.76. The molecule has 0 saturated heterocycles. The lowest BCUT2D eigenvalue weighted by molar-refractivity contribution is 0.111. The summed E-state index contributed by atoms with van der Waals surface area (Å²) in [5.41, 5.74) is 0.489. The molecule has 0 aliphatic carbocycles. The Bertz CT molecular complexity index is 594. The number of aldehydes is 1. The summed E-state index contributed by atoms with van der Waals surface area (Å²) in [6.45, 7) is 1.83. The van der Waals surface area contributed by atoms with Gasteiger partial charge in [-0.15, -0.1) is 0 Å². The van der Waals surface area contributed by atoms with Gasteiger partial charge in [-0.2, -0.15) is 0 Å². The van der Waals surface area contributed by atoms with E-state index in [0.717, 1.165) is 4.47 Å². The van der Waals surface area contributed by atoms with Gasteiger partial charge in [0.25, 0.3) is 0 Å². The molecule has 0 fully saturated rings. The van der Waals surface area contributed by atoms with Crippen molar-refractivity contribution in [1.29, 1.82) is 0 Å². The van der Waals surface area contributed by atoms with Crippen molar-refractivity contribution in [2.24, 2.45) is 0 Å². The van der Waals surface area contributed by atoms with E-state index in [2.05, 4.69) is 15.9 Å². The molecule has 0 saturated carbocycles. The molecule has 98 valence electrons. The van der Waals surface area contributed by atoms with E-state index in [-0.39, 0.29) is 5.56 Å². The molecule has 0 aliphatic rings. The molecule has 0 unspecified atom stereocenters. The molecule has 0 aliphatic heterocycles. The van der Waals surface area contributed by atoms with Crippen LogP contribution in [0.5, 0.6) is 11.5 Å². The molecule has 4 heteroatoms. The summed E-state index contributed by atoms with van der Waals surface area (Å²) in [7, 11) is 0. The van der Waals surface area contributed by atoms with Gasteiger partial charge in [-0.05, 0) is 48.4 Å². The first-order chi connectivity index (χ1) is 9.13. The Labute approximate surface area is 119 Å². The first kappa shape index (κ1) is 13.7. The van der Waals surface area contributed by atoms with Gasteiger partial charge < -0.3 is 4.74 Å². The van der Waals surface area contributed by atoms with E-state index in [1.165, 1.54) is 6.07 Å². The summed E-state index contributed by atoms with van der Waals surface area (Å²) in [4.78, 5) is 10.8. The third-order valence-corrected chi connectivity index (χ3v) is 3.24. The fraction of sp³-hybridized carbons (Fsp3) is 0.133. The Morgan fingerprint density at radius 1 is 1.21 bits per heavy atom. The van der Waals surface area contributed by atoms with Gasteiger partial charge in [0.05, 0.1) is 5.56 Å². The van der Waals surface area contributed by atoms with Gasteiger partial charge in [-0.3, -0.25) is 4.79 Å². The molecule has 0 radical (unpaired) electrons. The molecule has 0 bridgehead atoms. The van der Waals surface area contributed by atoms with Crippen molar-refractivity contribution in [1.82, 2.24) is 0 Å². The van der Waals surface area contributed by atoms with Crippen molar-refractivity contribution < 1.29 is 13.9 Å². The van der Waals surface area contributed by atoms with Crippen LogP contribution in [0.4, 0.5) is 4.39 Å². The van der Waals surface area contributed by atoms with Crippen LogP contribution in [0, 0.1) is 5.82 Å². The van der Waals surface area contributed by atoms with Crippen molar-refractivity contribution in [3.05, 3.63) is 57.8 Å². The van der Waals surface area contributed by atoms with Crippen LogP contribution in [-0.4, -0.2) is 6.29 Å². The lowest BCUT2D eigenvalue weighted by Gasteiger charge is -2.09. The highest BCUT2D eigenvalue weighted by atomic mass is 79.9. The number of aryl methyl sites for hydroxylation is 1. The number of rotatable bonds is 4. The average Bonchev–Trinajstić information content (AvgIpc) is 2.43. The van der Waals surface area contributed by atoms with Crippen molar-refractivity contribution >= 4 is 22.2 Å². The van der Waals surface area contributed by atoms with Gasteiger partial charge in [0, 0.05) is 4.47 Å². The molecule has 0 aromatic heterocycles. The van der Waals surface area contributed by atoms with E-state index in [9.17, 15) is 9.18 Å². The van der Waals surface area contributed by atoms with Crippen LogP contribution in [0.1, 0.15) is 22.8 Å². The van der Waals surface area contributed by atoms with Gasteiger partial charge in [0.2, 0.25) is 0 Å². The Morgan fingerprint density at radius 3 is 2.47 bits per heavy atom. The molecular formula is C15H12BrFO2. The summed E-state index contributed by atoms with van der Waals surface area (Å²) in [6.07, 6.45) is 1.01. The van der Waals surface area contributed by atoms with E-state index in [1.54, 1.807) is 18.2 Å². The second-order valence-corrected chi connectivity index (χ2v) is 4.93. The van der Waals surface area contributed by atoms with E-state index in [4.69, 9.17) is 4.74 Å². The minimum absolute atomic E-state index is 0.0199. The smallest absolute Gasteiger partial charge is 0.153 e. The molecule has 0 heterocycles. The zero-order valence-corrected chi connectivity index (χ0v) is 11.9. The number of hydrogen-bond donors (Lipinski definition) is 0. The lowest BCUT2D eigenvalue weighted by Crippen LogP contribution is -1.97. The molecule has 2 aromatic rings. The fourth-order valence-corrected chi connectivity index (χ4v) is 1.98. The topological polar surface area (TPSA) is 26.3 Å². The van der Waals surface area contributed by atoms with Crippen LogP contribution in [0.15, 0.2) is 40.9 Å². The molecule has 2 rings (SSSR count). The molecule has 0 atom stereocenters. The number of ether oxygens (including phenoxy) is 1. The Morgan fingerprint density at radius 2 is 1.89 bits per heavy atom. The highest BCUT2D eigenvalue weighted by Crippen LogP contribution is 2.27. The van der Waals surface area contributed by atoms with Gasteiger partial charge in [-0.1, -0.05) is 22.9 Å². The highest BCUT2D eigenvalue weighted by molar-refractivity contribution is 9.10. The molecule has 0 N–H and O–H groups in total. The SMILES string of the molecule is CCc1cc(Oc2ccc(Br)cc2)cc(C=O)c1F. The van der Waals surface area contributed by atoms with Crippen LogP contribution in [0.3, 0.4) is 0 Å². The quantitative estimate of drug-likeness (QED) is 0.759. The van der Waals surface area contributed by atoms with E-state index < -0.39 is 5.82 Å². The molecule has 0 spiro atoms. The molecule has 2 nitrogen and oxygen atoms in total. The minimum atomic E-state index is -0.472. The van der Waals surface area contributed by atoms with Crippen molar-refractivity contribution in [3.63, 3.8) is 0 Å². The van der Waals surface area contributed by atoms with Gasteiger partial charge in [0.15, 0.2) is 6.29 Å². The first-order valence-corrected chi connectivity index (χ1v) is 6.64. The van der Waals surface area contributed by atoms with Crippen molar-refractivity contribution in [2.75, 3.05) is 0 Å². The maximum Gasteiger partial charge on any atom is 0.153 e. The van der Waals surface area contributed by atoms with Crippen LogP contribution in [0.25, 0.3) is 0 Å². The zero-order valence-electron chi connectivity index (χ0n) is 10.3. The predicted molar refractivity (Wildman–Crippen MR) is 75.4 cm³/mol. The second-order valence-electron chi connectivity index (χ2n) is 4.01. The van der Waals surface area contributed by atoms with Crippen molar-refractivity contribution in [2.45, 2.75) is 13.3 Å².